The molecule has 0 aliphatic carbocycles. The zero-order valence-corrected chi connectivity index (χ0v) is 22.1. The Morgan fingerprint density at radius 3 is 1.97 bits per heavy atom. The van der Waals surface area contributed by atoms with E-state index in [9.17, 15) is 0 Å². The quantitative estimate of drug-likeness (QED) is 0.142. The second kappa shape index (κ2) is 9.24. The molecule has 0 aliphatic rings. The number of hydrogen-bond acceptors (Lipinski definition) is 3. The van der Waals surface area contributed by atoms with Gasteiger partial charge in [-0.2, -0.15) is 0 Å². The van der Waals surface area contributed by atoms with Gasteiger partial charge in [0, 0.05) is 0 Å². The number of thiocarbonyl (C=S) groups is 1. The molecule has 0 heterocycles. The van der Waals surface area contributed by atoms with E-state index in [2.05, 4.69) is 62.5 Å². The Hall–Kier alpha value is -2.63. The van der Waals surface area contributed by atoms with Gasteiger partial charge < -0.3 is 0 Å². The topological polar surface area (TPSA) is 42.7 Å². The van der Waals surface area contributed by atoms with Gasteiger partial charge in [0.2, 0.25) is 0 Å². The van der Waals surface area contributed by atoms with Gasteiger partial charge in [0.25, 0.3) is 0 Å². The third kappa shape index (κ3) is 4.52. The van der Waals surface area contributed by atoms with Crippen LogP contribution >= 0.6 is 12.2 Å². The summed E-state index contributed by atoms with van der Waals surface area (Å²) in [6.07, 6.45) is 0. The standard InChI is InChI=1S/C13H11N4S.C10H7.Hg/c14-15-13(18)17(12-9-5-2-6-10-12)16-11-7-3-1-4-8-11;1-2-6-10-8-4-3-7-9(10)5-1;/h1-10,14H;1-3,5-8H;/q-1;;+1. The van der Waals surface area contributed by atoms with Crippen LogP contribution in [0.5, 0.6) is 0 Å². The van der Waals surface area contributed by atoms with Crippen molar-refractivity contribution >= 4 is 42.5 Å². The fourth-order valence-corrected chi connectivity index (χ4v) is 10.6. The summed E-state index contributed by atoms with van der Waals surface area (Å²) >= 11 is 3.55. The summed E-state index contributed by atoms with van der Waals surface area (Å²) < 4.78 is 3.64. The van der Waals surface area contributed by atoms with Crippen LogP contribution in [0.2, 0.25) is 0 Å². The number of benzene rings is 4. The van der Waals surface area contributed by atoms with E-state index in [1.54, 1.807) is 0 Å². The van der Waals surface area contributed by atoms with Crippen LogP contribution in [0, 0.1) is 5.53 Å². The van der Waals surface area contributed by atoms with Crippen LogP contribution in [0.4, 0.5) is 11.4 Å². The average Bonchev–Trinajstić information content (AvgIpc) is 2.79. The molecule has 138 valence electrons. The maximum absolute atomic E-state index is 7.57. The Balaban J connectivity index is 1.79. The molecular formula is C23H18HgN4S. The maximum atomic E-state index is 7.57. The average molecular weight is 583 g/mol. The zero-order chi connectivity index (χ0) is 20.1. The normalized spacial score (nSPS) is 10.2. The zero-order valence-electron chi connectivity index (χ0n) is 15.8. The summed E-state index contributed by atoms with van der Waals surface area (Å²) in [6.45, 7) is 0. The van der Waals surface area contributed by atoms with Crippen LogP contribution in [0.1, 0.15) is 0 Å². The molecule has 0 spiro atoms. The SMILES string of the molecule is N=NC(=S)N(c1ccccc1)[N]([Hg][c]1ccc2ccccc2c1)c1ccccc1. The molecule has 0 aliphatic heterocycles. The van der Waals surface area contributed by atoms with Crippen molar-refractivity contribution in [1.82, 2.24) is 0 Å². The van der Waals surface area contributed by atoms with E-state index >= 15 is 0 Å². The van der Waals surface area contributed by atoms with E-state index in [0.717, 1.165) is 11.4 Å². The minimum atomic E-state index is -1.95. The molecular weight excluding hydrogens is 565 g/mol. The van der Waals surface area contributed by atoms with E-state index in [0.29, 0.717) is 0 Å². The molecule has 0 saturated carbocycles. The van der Waals surface area contributed by atoms with Gasteiger partial charge in [-0.25, -0.2) is 0 Å². The number of hydrogen-bond donors (Lipinski definition) is 1. The summed E-state index contributed by atoms with van der Waals surface area (Å²) in [5.74, 6) is 0. The summed E-state index contributed by atoms with van der Waals surface area (Å²) in [5, 5.41) is 8.24. The van der Waals surface area contributed by atoms with E-state index in [1.165, 1.54) is 13.8 Å². The van der Waals surface area contributed by atoms with Crippen LogP contribution in [-0.2, 0) is 24.9 Å². The molecule has 4 rings (SSSR count). The number of para-hydroxylation sites is 2. The van der Waals surface area contributed by atoms with Crippen molar-refractivity contribution in [1.29, 1.82) is 5.53 Å². The first-order chi connectivity index (χ1) is 14.3. The molecule has 0 atom stereocenters. The molecule has 4 nitrogen and oxygen atoms in total. The fourth-order valence-electron chi connectivity index (χ4n) is 3.36. The number of anilines is 2. The van der Waals surface area contributed by atoms with Gasteiger partial charge in [-0.1, -0.05) is 0 Å². The predicted molar refractivity (Wildman–Crippen MR) is 119 cm³/mol. The molecule has 0 bridgehead atoms. The Kier molecular flexibility index (Phi) is 6.27. The van der Waals surface area contributed by atoms with Crippen LogP contribution in [0.3, 0.4) is 0 Å². The molecule has 0 unspecified atom stereocenters. The summed E-state index contributed by atoms with van der Waals surface area (Å²) in [5.41, 5.74) is 9.55. The summed E-state index contributed by atoms with van der Waals surface area (Å²) in [6, 6.07) is 35.3. The van der Waals surface area contributed by atoms with Crippen molar-refractivity contribution < 1.29 is 24.9 Å². The Bertz CT molecular complexity index is 1140. The molecule has 6 heteroatoms. The van der Waals surface area contributed by atoms with Crippen LogP contribution < -0.4 is 10.9 Å². The van der Waals surface area contributed by atoms with Crippen molar-refractivity contribution in [3.05, 3.63) is 103 Å². The van der Waals surface area contributed by atoms with Gasteiger partial charge in [0.15, 0.2) is 0 Å². The molecule has 0 aromatic heterocycles. The second-order valence-electron chi connectivity index (χ2n) is 6.62. The summed E-state index contributed by atoms with van der Waals surface area (Å²) in [7, 11) is 0. The van der Waals surface area contributed by atoms with Crippen molar-refractivity contribution in [2.45, 2.75) is 0 Å². The monoisotopic (exact) mass is 584 g/mol. The third-order valence-corrected chi connectivity index (χ3v) is 11.8. The molecule has 4 aromatic rings. The Labute approximate surface area is 188 Å². The van der Waals surface area contributed by atoms with Crippen molar-refractivity contribution in [2.24, 2.45) is 5.11 Å². The van der Waals surface area contributed by atoms with E-state index in [-0.39, 0.29) is 5.11 Å². The van der Waals surface area contributed by atoms with Crippen LogP contribution in [0.25, 0.3) is 10.8 Å². The summed E-state index contributed by atoms with van der Waals surface area (Å²) in [4.78, 5) is 0. The van der Waals surface area contributed by atoms with Gasteiger partial charge in [-0.15, -0.1) is 0 Å². The van der Waals surface area contributed by atoms with Crippen LogP contribution in [0.15, 0.2) is 108 Å². The van der Waals surface area contributed by atoms with Gasteiger partial charge in [-0.3, -0.25) is 0 Å². The van der Waals surface area contributed by atoms with Gasteiger partial charge in [-0.05, 0) is 0 Å². The first-order valence-electron chi connectivity index (χ1n) is 9.33. The Morgan fingerprint density at radius 1 is 0.724 bits per heavy atom. The minimum absolute atomic E-state index is 0.237. The fraction of sp³-hybridized carbons (Fsp3) is 0. The molecule has 0 radical (unpaired) electrons. The van der Waals surface area contributed by atoms with E-state index in [4.69, 9.17) is 17.7 Å². The van der Waals surface area contributed by atoms with Crippen LogP contribution in [-0.4, -0.2) is 5.11 Å². The van der Waals surface area contributed by atoms with Gasteiger partial charge in [0.1, 0.15) is 0 Å². The van der Waals surface area contributed by atoms with Crippen molar-refractivity contribution in [3.63, 3.8) is 0 Å². The number of hydrazine groups is 1. The Morgan fingerprint density at radius 2 is 1.31 bits per heavy atom. The number of nitrogens with zero attached hydrogens (tertiary/aromatic N) is 3. The first kappa shape index (κ1) is 19.7. The first-order valence-corrected chi connectivity index (χ1v) is 14.9. The number of nitrogens with one attached hydrogen (secondary N) is 1. The number of fused-ring (bicyclic) bond motifs is 1. The molecule has 1 N–H and O–H groups in total. The predicted octanol–water partition coefficient (Wildman–Crippen LogP) is 5.71. The molecule has 0 saturated heterocycles. The van der Waals surface area contributed by atoms with Crippen molar-refractivity contribution in [2.75, 3.05) is 7.78 Å². The molecule has 0 amide bonds. The van der Waals surface area contributed by atoms with E-state index < -0.39 is 24.9 Å². The van der Waals surface area contributed by atoms with Gasteiger partial charge in [0.05, 0.1) is 0 Å². The second-order valence-corrected chi connectivity index (χ2v) is 13.7. The van der Waals surface area contributed by atoms with Crippen molar-refractivity contribution in [3.8, 4) is 0 Å². The third-order valence-electron chi connectivity index (χ3n) is 4.72. The molecule has 29 heavy (non-hydrogen) atoms. The molecule has 0 fully saturated rings. The van der Waals surface area contributed by atoms with Gasteiger partial charge >= 0.3 is 189 Å². The number of rotatable bonds is 5. The van der Waals surface area contributed by atoms with E-state index in [1.807, 2.05) is 53.5 Å². The molecule has 4 aromatic carbocycles.